The highest BCUT2D eigenvalue weighted by molar-refractivity contribution is 6.01. The van der Waals surface area contributed by atoms with Gasteiger partial charge in [0.1, 0.15) is 0 Å². The number of fused-ring (bicyclic) bond motifs is 1. The van der Waals surface area contributed by atoms with Crippen molar-refractivity contribution < 1.29 is 18.4 Å². The lowest BCUT2D eigenvalue weighted by Gasteiger charge is -2.32. The average molecular weight is 456 g/mol. The number of alkyl halides is 2. The summed E-state index contributed by atoms with van der Waals surface area (Å²) in [4.78, 5) is 29.6. The molecule has 176 valence electrons. The zero-order valence-corrected chi connectivity index (χ0v) is 19.4. The largest absolute Gasteiger partial charge is 0.337 e. The van der Waals surface area contributed by atoms with Gasteiger partial charge in [0.25, 0.3) is 5.92 Å². The van der Waals surface area contributed by atoms with E-state index < -0.39 is 18.3 Å². The molecule has 2 heterocycles. The van der Waals surface area contributed by atoms with Crippen molar-refractivity contribution >= 4 is 23.1 Å². The lowest BCUT2D eigenvalue weighted by Crippen LogP contribution is -2.46. The molecule has 0 spiro atoms. The van der Waals surface area contributed by atoms with Crippen molar-refractivity contribution in [1.82, 2.24) is 9.80 Å². The predicted octanol–water partition coefficient (Wildman–Crippen LogP) is 4.23. The molecule has 2 aliphatic rings. The van der Waals surface area contributed by atoms with Crippen LogP contribution in [0.4, 0.5) is 14.5 Å². The summed E-state index contributed by atoms with van der Waals surface area (Å²) in [5.74, 6) is -3.87. The first-order chi connectivity index (χ1) is 15.7. The molecule has 2 aromatic rings. The number of aryl methyl sites for hydroxylation is 1. The number of hydrogen-bond acceptors (Lipinski definition) is 3. The van der Waals surface area contributed by atoms with Crippen LogP contribution in [0.5, 0.6) is 0 Å². The lowest BCUT2D eigenvalue weighted by molar-refractivity contribution is -0.127. The number of anilines is 1. The maximum absolute atomic E-state index is 14.8. The van der Waals surface area contributed by atoms with Crippen molar-refractivity contribution in [2.24, 2.45) is 0 Å². The lowest BCUT2D eigenvalue weighted by atomic mass is 9.96. The molecule has 0 N–H and O–H groups in total. The van der Waals surface area contributed by atoms with Gasteiger partial charge in [-0.1, -0.05) is 54.1 Å². The van der Waals surface area contributed by atoms with Gasteiger partial charge in [0.2, 0.25) is 11.8 Å². The standard InChI is InChI=1S/C19H23F2N3O2.C7H8/c1-14(25)24-8-7-19(20,21)16(15-5-3-4-6-17(15)24)13-18(26)23-11-9-22(2)10-12-23;1-7-5-3-2-4-6-7/h3-6,13H,7-12H2,1-2H3;2-6H,1H3/b16-13-;. The molecule has 0 bridgehead atoms. The Labute approximate surface area is 194 Å². The van der Waals surface area contributed by atoms with E-state index in [2.05, 4.69) is 24.0 Å². The molecule has 2 amide bonds. The zero-order valence-electron chi connectivity index (χ0n) is 19.4. The van der Waals surface area contributed by atoms with Gasteiger partial charge in [0.05, 0.1) is 5.69 Å². The molecule has 33 heavy (non-hydrogen) atoms. The van der Waals surface area contributed by atoms with Crippen LogP contribution >= 0.6 is 0 Å². The number of para-hydroxylation sites is 1. The number of amides is 2. The minimum atomic E-state index is -3.18. The Morgan fingerprint density at radius 2 is 1.52 bits per heavy atom. The van der Waals surface area contributed by atoms with Crippen LogP contribution in [0.2, 0.25) is 0 Å². The van der Waals surface area contributed by atoms with E-state index in [0.717, 1.165) is 19.2 Å². The number of nitrogens with zero attached hydrogens (tertiary/aromatic N) is 3. The molecular formula is C26H31F2N3O2. The third kappa shape index (κ3) is 6.26. The number of likely N-dealkylation sites (N-methyl/N-ethyl adjacent to an activating group) is 1. The zero-order chi connectivity index (χ0) is 24.0. The topological polar surface area (TPSA) is 43.9 Å². The molecule has 4 rings (SSSR count). The molecule has 0 aliphatic carbocycles. The number of benzene rings is 2. The normalized spacial score (nSPS) is 19.2. The number of carbonyl (C=O) groups is 2. The van der Waals surface area contributed by atoms with E-state index in [4.69, 9.17) is 0 Å². The van der Waals surface area contributed by atoms with Crippen LogP contribution in [0.25, 0.3) is 5.57 Å². The SMILES string of the molecule is CC(=O)N1CCC(F)(F)/C(=C\C(=O)N2CCN(C)CC2)c2ccccc21.Cc1ccccc1. The molecule has 1 fully saturated rings. The van der Waals surface area contributed by atoms with Crippen molar-refractivity contribution in [2.45, 2.75) is 26.2 Å². The van der Waals surface area contributed by atoms with Gasteiger partial charge in [-0.25, -0.2) is 8.78 Å². The van der Waals surface area contributed by atoms with E-state index in [1.54, 1.807) is 29.2 Å². The first-order valence-corrected chi connectivity index (χ1v) is 11.2. The van der Waals surface area contributed by atoms with Gasteiger partial charge < -0.3 is 14.7 Å². The molecule has 0 saturated carbocycles. The van der Waals surface area contributed by atoms with Crippen LogP contribution in [0.1, 0.15) is 24.5 Å². The molecule has 1 saturated heterocycles. The molecule has 5 nitrogen and oxygen atoms in total. The fourth-order valence-corrected chi connectivity index (χ4v) is 3.93. The van der Waals surface area contributed by atoms with Gasteiger partial charge in [-0.05, 0) is 20.0 Å². The third-order valence-electron chi connectivity index (χ3n) is 5.93. The van der Waals surface area contributed by atoms with E-state index in [9.17, 15) is 18.4 Å². The number of halogens is 2. The van der Waals surface area contributed by atoms with E-state index >= 15 is 0 Å². The van der Waals surface area contributed by atoms with Gasteiger partial charge >= 0.3 is 0 Å². The maximum atomic E-state index is 14.8. The van der Waals surface area contributed by atoms with Crippen molar-refractivity contribution in [2.75, 3.05) is 44.7 Å². The number of carbonyl (C=O) groups excluding carboxylic acids is 2. The summed E-state index contributed by atoms with van der Waals surface area (Å²) < 4.78 is 29.7. The molecular weight excluding hydrogens is 424 g/mol. The summed E-state index contributed by atoms with van der Waals surface area (Å²) in [6.07, 6.45) is 0.552. The number of hydrogen-bond donors (Lipinski definition) is 0. The summed E-state index contributed by atoms with van der Waals surface area (Å²) in [5.41, 5.74) is 1.69. The quantitative estimate of drug-likeness (QED) is 0.605. The Kier molecular flexibility index (Phi) is 7.97. The third-order valence-corrected chi connectivity index (χ3v) is 5.93. The second kappa shape index (κ2) is 10.7. The van der Waals surface area contributed by atoms with Gasteiger partial charge in [0.15, 0.2) is 0 Å². The van der Waals surface area contributed by atoms with Crippen molar-refractivity contribution in [1.29, 1.82) is 0 Å². The molecule has 7 heteroatoms. The number of allylic oxidation sites excluding steroid dienone is 1. The Morgan fingerprint density at radius 3 is 2.09 bits per heavy atom. The monoisotopic (exact) mass is 455 g/mol. The Morgan fingerprint density at radius 1 is 0.909 bits per heavy atom. The molecule has 2 aromatic carbocycles. The van der Waals surface area contributed by atoms with E-state index in [0.29, 0.717) is 18.8 Å². The van der Waals surface area contributed by atoms with Crippen LogP contribution in [-0.2, 0) is 9.59 Å². The highest BCUT2D eigenvalue weighted by Crippen LogP contribution is 2.43. The highest BCUT2D eigenvalue weighted by atomic mass is 19.3. The molecule has 0 atom stereocenters. The van der Waals surface area contributed by atoms with Crippen LogP contribution in [0.3, 0.4) is 0 Å². The van der Waals surface area contributed by atoms with Gasteiger partial charge in [-0.15, -0.1) is 0 Å². The van der Waals surface area contributed by atoms with Gasteiger partial charge in [0, 0.05) is 63.3 Å². The summed E-state index contributed by atoms with van der Waals surface area (Å²) in [5, 5.41) is 0. The fourth-order valence-electron chi connectivity index (χ4n) is 3.93. The van der Waals surface area contributed by atoms with Crippen LogP contribution in [0.15, 0.2) is 60.7 Å². The predicted molar refractivity (Wildman–Crippen MR) is 127 cm³/mol. The number of piperazine rings is 1. The van der Waals surface area contributed by atoms with Crippen LogP contribution < -0.4 is 4.90 Å². The first kappa shape index (κ1) is 24.6. The second-order valence-corrected chi connectivity index (χ2v) is 8.48. The second-order valence-electron chi connectivity index (χ2n) is 8.48. The smallest absolute Gasteiger partial charge is 0.275 e. The molecule has 0 aromatic heterocycles. The maximum Gasteiger partial charge on any atom is 0.275 e. The summed E-state index contributed by atoms with van der Waals surface area (Å²) in [7, 11) is 1.96. The highest BCUT2D eigenvalue weighted by Gasteiger charge is 2.41. The molecule has 0 unspecified atom stereocenters. The molecule has 2 aliphatic heterocycles. The molecule has 0 radical (unpaired) electrons. The number of rotatable bonds is 1. The minimum Gasteiger partial charge on any atom is -0.337 e. The summed E-state index contributed by atoms with van der Waals surface area (Å²) in [6.45, 7) is 5.84. The first-order valence-electron chi connectivity index (χ1n) is 11.2. The Bertz CT molecular complexity index is 1000. The van der Waals surface area contributed by atoms with Crippen molar-refractivity contribution in [3.05, 3.63) is 71.8 Å². The Hall–Kier alpha value is -3.06. The van der Waals surface area contributed by atoms with E-state index in [1.165, 1.54) is 17.4 Å². The van der Waals surface area contributed by atoms with Gasteiger partial charge in [-0.2, -0.15) is 0 Å². The fraction of sp³-hybridized carbons (Fsp3) is 0.385. The van der Waals surface area contributed by atoms with Crippen LogP contribution in [-0.4, -0.2) is 67.3 Å². The van der Waals surface area contributed by atoms with E-state index in [1.807, 2.05) is 25.2 Å². The average Bonchev–Trinajstić information content (AvgIpc) is 2.89. The summed E-state index contributed by atoms with van der Waals surface area (Å²) in [6, 6.07) is 16.8. The van der Waals surface area contributed by atoms with Crippen molar-refractivity contribution in [3.63, 3.8) is 0 Å². The van der Waals surface area contributed by atoms with Gasteiger partial charge in [-0.3, -0.25) is 9.59 Å². The Balaban J connectivity index is 0.000000374. The minimum absolute atomic E-state index is 0.0839. The van der Waals surface area contributed by atoms with E-state index in [-0.39, 0.29) is 23.6 Å². The van der Waals surface area contributed by atoms with Crippen LogP contribution in [0, 0.1) is 6.92 Å². The van der Waals surface area contributed by atoms with Crippen molar-refractivity contribution in [3.8, 4) is 0 Å². The summed E-state index contributed by atoms with van der Waals surface area (Å²) >= 11 is 0.